The number of hydrogen-bond donors (Lipinski definition) is 2. The Labute approximate surface area is 193 Å². The highest BCUT2D eigenvalue weighted by Crippen LogP contribution is 2.30. The van der Waals surface area contributed by atoms with E-state index in [2.05, 4.69) is 20.8 Å². The molecule has 0 spiro atoms. The van der Waals surface area contributed by atoms with Crippen molar-refractivity contribution < 1.29 is 27.5 Å². The number of ether oxygens (including phenoxy) is 1. The molecule has 1 aliphatic rings. The lowest BCUT2D eigenvalue weighted by atomic mass is 10.2. The summed E-state index contributed by atoms with van der Waals surface area (Å²) in [6, 6.07) is 10.4. The zero-order chi connectivity index (χ0) is 24.3. The fourth-order valence-electron chi connectivity index (χ4n) is 3.46. The number of tetrazole rings is 1. The molecule has 0 fully saturated rings. The molecule has 0 atom stereocenters. The predicted octanol–water partition coefficient (Wildman–Crippen LogP) is -0.295. The van der Waals surface area contributed by atoms with Gasteiger partial charge < -0.3 is 15.0 Å². The van der Waals surface area contributed by atoms with Crippen molar-refractivity contribution in [3.05, 3.63) is 59.9 Å². The Morgan fingerprint density at radius 1 is 1.15 bits per heavy atom. The third-order valence-corrected chi connectivity index (χ3v) is 5.93. The number of carbonyl (C=O) groups excluding carboxylic acids is 3. The molecule has 0 radical (unpaired) electrons. The molecule has 14 heteroatoms. The minimum absolute atomic E-state index is 0.0364. The molecule has 2 heterocycles. The van der Waals surface area contributed by atoms with Gasteiger partial charge in [0, 0.05) is 12.2 Å². The standard InChI is InChI=1S/C20H19N7O6S/c21-34(31,32)14-5-6-17-13(9-14)7-8-27(17)19(29)11-33-20(30)15-3-1-2-4-16(15)23-18(28)10-26-12-22-24-25-26/h1-6,9,12H,7-8,10-11H2,(H,23,28)(H2,21,31,32). The lowest BCUT2D eigenvalue weighted by Gasteiger charge is -2.18. The number of primary sulfonamides is 1. The van der Waals surface area contributed by atoms with E-state index in [9.17, 15) is 22.8 Å². The highest BCUT2D eigenvalue weighted by Gasteiger charge is 2.27. The number of nitrogens with zero attached hydrogens (tertiary/aromatic N) is 5. The van der Waals surface area contributed by atoms with Crippen molar-refractivity contribution in [2.45, 2.75) is 17.9 Å². The molecule has 0 aliphatic carbocycles. The van der Waals surface area contributed by atoms with Gasteiger partial charge in [-0.05, 0) is 52.7 Å². The number of nitrogens with one attached hydrogen (secondary N) is 1. The summed E-state index contributed by atoms with van der Waals surface area (Å²) in [6.45, 7) is -0.387. The summed E-state index contributed by atoms with van der Waals surface area (Å²) in [4.78, 5) is 38.9. The molecule has 0 saturated carbocycles. The van der Waals surface area contributed by atoms with Gasteiger partial charge >= 0.3 is 5.97 Å². The van der Waals surface area contributed by atoms with Crippen molar-refractivity contribution in [3.8, 4) is 0 Å². The van der Waals surface area contributed by atoms with Crippen LogP contribution in [0.3, 0.4) is 0 Å². The van der Waals surface area contributed by atoms with Crippen LogP contribution in [0.4, 0.5) is 11.4 Å². The van der Waals surface area contributed by atoms with E-state index in [-0.39, 0.29) is 22.7 Å². The molecule has 3 N–H and O–H groups in total. The van der Waals surface area contributed by atoms with Crippen LogP contribution in [0.25, 0.3) is 0 Å². The normalized spacial score (nSPS) is 12.8. The maximum Gasteiger partial charge on any atom is 0.340 e. The van der Waals surface area contributed by atoms with Crippen LogP contribution in [0.15, 0.2) is 53.7 Å². The number of benzene rings is 2. The van der Waals surface area contributed by atoms with E-state index in [4.69, 9.17) is 9.88 Å². The van der Waals surface area contributed by atoms with Gasteiger partial charge in [-0.1, -0.05) is 12.1 Å². The van der Waals surface area contributed by atoms with Crippen molar-refractivity contribution >= 4 is 39.2 Å². The molecule has 1 aromatic heterocycles. The first-order chi connectivity index (χ1) is 16.2. The Morgan fingerprint density at radius 3 is 2.68 bits per heavy atom. The average molecular weight is 485 g/mol. The Balaban J connectivity index is 1.39. The smallest absolute Gasteiger partial charge is 0.340 e. The van der Waals surface area contributed by atoms with Crippen LogP contribution in [-0.4, -0.2) is 59.6 Å². The number of hydrogen-bond acceptors (Lipinski definition) is 9. The number of amides is 2. The highest BCUT2D eigenvalue weighted by molar-refractivity contribution is 7.89. The van der Waals surface area contributed by atoms with Crippen molar-refractivity contribution in [1.29, 1.82) is 0 Å². The third kappa shape index (κ3) is 5.07. The molecule has 4 rings (SSSR count). The molecule has 0 unspecified atom stereocenters. The Morgan fingerprint density at radius 2 is 1.94 bits per heavy atom. The molecule has 2 amide bonds. The molecule has 0 saturated heterocycles. The molecule has 1 aliphatic heterocycles. The fraction of sp³-hybridized carbons (Fsp3) is 0.200. The Kier molecular flexibility index (Phi) is 6.34. The first-order valence-corrected chi connectivity index (χ1v) is 11.5. The minimum atomic E-state index is -3.86. The molecule has 34 heavy (non-hydrogen) atoms. The summed E-state index contributed by atoms with van der Waals surface area (Å²) in [7, 11) is -3.86. The van der Waals surface area contributed by atoms with E-state index in [1.54, 1.807) is 12.1 Å². The SMILES string of the molecule is NS(=O)(=O)c1ccc2c(c1)CCN2C(=O)COC(=O)c1ccccc1NC(=O)Cn1cnnn1. The topological polar surface area (TPSA) is 179 Å². The van der Waals surface area contributed by atoms with E-state index in [0.29, 0.717) is 24.2 Å². The molecule has 3 aromatic rings. The number of aromatic nitrogens is 4. The van der Waals surface area contributed by atoms with Gasteiger partial charge in [0.25, 0.3) is 5.91 Å². The van der Waals surface area contributed by atoms with Gasteiger partial charge in [-0.15, -0.1) is 5.10 Å². The number of para-hydroxylation sites is 1. The van der Waals surface area contributed by atoms with Gasteiger partial charge in [-0.3, -0.25) is 9.59 Å². The summed E-state index contributed by atoms with van der Waals surface area (Å²) in [5.41, 5.74) is 1.46. The van der Waals surface area contributed by atoms with Crippen LogP contribution in [0.5, 0.6) is 0 Å². The highest BCUT2D eigenvalue weighted by atomic mass is 32.2. The molecular formula is C20H19N7O6S. The summed E-state index contributed by atoms with van der Waals surface area (Å²) < 4.78 is 29.5. The number of sulfonamides is 1. The maximum absolute atomic E-state index is 12.7. The second-order valence-electron chi connectivity index (χ2n) is 7.31. The van der Waals surface area contributed by atoms with E-state index in [1.165, 1.54) is 46.2 Å². The Hall–Kier alpha value is -4.17. The number of esters is 1. The minimum Gasteiger partial charge on any atom is -0.452 e. The summed E-state index contributed by atoms with van der Waals surface area (Å²) >= 11 is 0. The van der Waals surface area contributed by atoms with Crippen molar-refractivity contribution in [3.63, 3.8) is 0 Å². The molecular weight excluding hydrogens is 466 g/mol. The van der Waals surface area contributed by atoms with Gasteiger partial charge in [0.1, 0.15) is 12.9 Å². The van der Waals surface area contributed by atoms with Gasteiger partial charge in [0.05, 0.1) is 16.1 Å². The monoisotopic (exact) mass is 485 g/mol. The quantitative estimate of drug-likeness (QED) is 0.425. The average Bonchev–Trinajstić information content (AvgIpc) is 3.46. The molecule has 2 aromatic carbocycles. The number of carbonyl (C=O) groups is 3. The lowest BCUT2D eigenvalue weighted by Crippen LogP contribution is -2.33. The van der Waals surface area contributed by atoms with Crippen LogP contribution in [-0.2, 0) is 37.3 Å². The largest absolute Gasteiger partial charge is 0.452 e. The zero-order valence-electron chi connectivity index (χ0n) is 17.6. The van der Waals surface area contributed by atoms with Gasteiger partial charge in [-0.2, -0.15) is 0 Å². The van der Waals surface area contributed by atoms with E-state index >= 15 is 0 Å². The van der Waals surface area contributed by atoms with E-state index in [1.807, 2.05) is 0 Å². The van der Waals surface area contributed by atoms with Crippen molar-refractivity contribution in [2.24, 2.45) is 5.14 Å². The molecule has 13 nitrogen and oxygen atoms in total. The zero-order valence-corrected chi connectivity index (χ0v) is 18.4. The van der Waals surface area contributed by atoms with E-state index < -0.39 is 34.4 Å². The lowest BCUT2D eigenvalue weighted by molar-refractivity contribution is -0.121. The van der Waals surface area contributed by atoms with Gasteiger partial charge in [0.15, 0.2) is 6.61 Å². The Bertz CT molecular complexity index is 1360. The van der Waals surface area contributed by atoms with Crippen LogP contribution in [0, 0.1) is 0 Å². The predicted molar refractivity (Wildman–Crippen MR) is 117 cm³/mol. The second kappa shape index (κ2) is 9.36. The number of fused-ring (bicyclic) bond motifs is 1. The first-order valence-electron chi connectivity index (χ1n) is 9.95. The van der Waals surface area contributed by atoms with Crippen LogP contribution in [0.1, 0.15) is 15.9 Å². The summed E-state index contributed by atoms with van der Waals surface area (Å²) in [5.74, 6) is -1.73. The number of anilines is 2. The van der Waals surface area contributed by atoms with Crippen molar-refractivity contribution in [2.75, 3.05) is 23.4 Å². The van der Waals surface area contributed by atoms with Gasteiger partial charge in [-0.25, -0.2) is 23.0 Å². The molecule has 0 bridgehead atoms. The molecule has 176 valence electrons. The summed E-state index contributed by atoms with van der Waals surface area (Å²) in [6.07, 6.45) is 1.71. The van der Waals surface area contributed by atoms with Crippen molar-refractivity contribution in [1.82, 2.24) is 20.2 Å². The van der Waals surface area contributed by atoms with E-state index in [0.717, 1.165) is 0 Å². The first kappa shape index (κ1) is 23.0. The maximum atomic E-state index is 12.7. The number of nitrogens with two attached hydrogens (primary N) is 1. The fourth-order valence-corrected chi connectivity index (χ4v) is 4.02. The third-order valence-electron chi connectivity index (χ3n) is 5.02. The second-order valence-corrected chi connectivity index (χ2v) is 8.87. The number of rotatable bonds is 7. The van der Waals surface area contributed by atoms with Crippen LogP contribution in [0.2, 0.25) is 0 Å². The van der Waals surface area contributed by atoms with Gasteiger partial charge in [0.2, 0.25) is 15.9 Å². The van der Waals surface area contributed by atoms with Crippen LogP contribution >= 0.6 is 0 Å². The van der Waals surface area contributed by atoms with Crippen LogP contribution < -0.4 is 15.4 Å². The summed E-state index contributed by atoms with van der Waals surface area (Å²) in [5, 5.41) is 18.2.